The van der Waals surface area contributed by atoms with E-state index in [0.717, 1.165) is 10.5 Å². The smallest absolute Gasteiger partial charge is 0.269 e. The van der Waals surface area contributed by atoms with Gasteiger partial charge >= 0.3 is 0 Å². The van der Waals surface area contributed by atoms with Crippen molar-refractivity contribution in [2.24, 2.45) is 0 Å². The molecule has 2 aromatic heterocycles. The van der Waals surface area contributed by atoms with Crippen LogP contribution in [-0.2, 0) is 6.54 Å². The van der Waals surface area contributed by atoms with Crippen LogP contribution in [0.1, 0.15) is 26.4 Å². The minimum Gasteiger partial charge on any atom is -0.349 e. The number of nitrogens with one attached hydrogen (secondary N) is 1. The Bertz CT molecular complexity index is 1300. The van der Waals surface area contributed by atoms with Crippen molar-refractivity contribution >= 4 is 24.3 Å². The van der Waals surface area contributed by atoms with Gasteiger partial charge in [-0.15, -0.1) is 12.6 Å². The van der Waals surface area contributed by atoms with Crippen LogP contribution < -0.4 is 5.32 Å². The topological polar surface area (TPSA) is 89.8 Å². The molecule has 2 aromatic carbocycles. The van der Waals surface area contributed by atoms with Crippen molar-refractivity contribution < 1.29 is 9.59 Å². The predicted molar refractivity (Wildman–Crippen MR) is 118 cm³/mol. The molecule has 7 nitrogen and oxygen atoms in total. The van der Waals surface area contributed by atoms with E-state index in [1.165, 1.54) is 0 Å². The number of fused-ring (bicyclic) bond motifs is 1. The lowest BCUT2D eigenvalue weighted by atomic mass is 10.0. The van der Waals surface area contributed by atoms with Crippen molar-refractivity contribution in [3.05, 3.63) is 83.7 Å². The Morgan fingerprint density at radius 2 is 1.68 bits per heavy atom. The van der Waals surface area contributed by atoms with E-state index in [2.05, 4.69) is 33.0 Å². The lowest BCUT2D eigenvalue weighted by Gasteiger charge is -2.13. The summed E-state index contributed by atoms with van der Waals surface area (Å²) >= 11 is 4.25. The number of benzene rings is 2. The van der Waals surface area contributed by atoms with E-state index in [-0.39, 0.29) is 11.7 Å². The van der Waals surface area contributed by atoms with Crippen LogP contribution in [0.4, 0.5) is 0 Å². The highest BCUT2D eigenvalue weighted by molar-refractivity contribution is 7.80. The summed E-state index contributed by atoms with van der Waals surface area (Å²) in [5, 5.41) is 7.30. The predicted octanol–water partition coefficient (Wildman–Crippen LogP) is 3.27. The fraction of sp³-hybridized carbons (Fsp3) is 0.0870. The second-order valence-corrected chi connectivity index (χ2v) is 7.63. The quantitative estimate of drug-likeness (QED) is 0.385. The number of hydrogen-bond donors (Lipinski definition) is 2. The van der Waals surface area contributed by atoms with Gasteiger partial charge in [-0.25, -0.2) is 9.97 Å². The second kappa shape index (κ2) is 7.81. The molecule has 0 atom stereocenters. The Morgan fingerprint density at radius 3 is 2.39 bits per heavy atom. The van der Waals surface area contributed by atoms with Crippen LogP contribution in [0.5, 0.6) is 0 Å². The Morgan fingerprint density at radius 1 is 0.968 bits per heavy atom. The largest absolute Gasteiger partial charge is 0.349 e. The van der Waals surface area contributed by atoms with Gasteiger partial charge in [-0.05, 0) is 36.4 Å². The number of ketones is 1. The third-order valence-corrected chi connectivity index (χ3v) is 5.37. The number of carbonyl (C=O) groups excluding carboxylic acids is 2. The SMILES string of the molecule is O=C(c1ccc(S)cc1)c1ccc(-c2nccc(-c3cc4n(n3)CCNC4=O)n2)cc1. The number of nitrogens with zero attached hydrogens (tertiary/aromatic N) is 4. The molecule has 31 heavy (non-hydrogen) atoms. The highest BCUT2D eigenvalue weighted by atomic mass is 32.1. The molecule has 0 bridgehead atoms. The fourth-order valence-electron chi connectivity index (χ4n) is 3.45. The lowest BCUT2D eigenvalue weighted by molar-refractivity contribution is 0.0924. The summed E-state index contributed by atoms with van der Waals surface area (Å²) < 4.78 is 1.69. The van der Waals surface area contributed by atoms with E-state index in [0.29, 0.717) is 47.1 Å². The van der Waals surface area contributed by atoms with Crippen molar-refractivity contribution in [2.75, 3.05) is 6.54 Å². The summed E-state index contributed by atoms with van der Waals surface area (Å²) in [5.41, 5.74) is 3.75. The first-order valence-electron chi connectivity index (χ1n) is 9.72. The summed E-state index contributed by atoms with van der Waals surface area (Å²) in [4.78, 5) is 34.4. The Kier molecular flexibility index (Phi) is 4.83. The third-order valence-electron chi connectivity index (χ3n) is 5.07. The average Bonchev–Trinajstić information content (AvgIpc) is 3.25. The molecule has 0 aliphatic carbocycles. The number of thiol groups is 1. The molecule has 0 radical (unpaired) electrons. The van der Waals surface area contributed by atoms with Gasteiger partial charge in [0.15, 0.2) is 11.6 Å². The van der Waals surface area contributed by atoms with Crippen molar-refractivity contribution in [1.29, 1.82) is 0 Å². The Hall–Kier alpha value is -3.78. The molecule has 0 saturated heterocycles. The molecule has 4 aromatic rings. The third kappa shape index (κ3) is 3.73. The second-order valence-electron chi connectivity index (χ2n) is 7.11. The first-order chi connectivity index (χ1) is 15.1. The zero-order valence-corrected chi connectivity index (χ0v) is 17.2. The van der Waals surface area contributed by atoms with Crippen molar-refractivity contribution in [2.45, 2.75) is 11.4 Å². The van der Waals surface area contributed by atoms with Gasteiger partial charge in [-0.2, -0.15) is 5.10 Å². The Labute approximate surface area is 183 Å². The molecule has 1 aliphatic heterocycles. The highest BCUT2D eigenvalue weighted by Gasteiger charge is 2.20. The van der Waals surface area contributed by atoms with E-state index in [1.54, 1.807) is 59.4 Å². The molecule has 152 valence electrons. The van der Waals surface area contributed by atoms with E-state index in [4.69, 9.17) is 0 Å². The van der Waals surface area contributed by atoms with Crippen LogP contribution in [-0.4, -0.2) is 38.0 Å². The standard InChI is InChI=1S/C23H17N5O2S/c29-21(15-5-7-17(31)8-6-15)14-1-3-16(4-2-14)22-24-10-9-18(26-22)19-13-20-23(30)25-11-12-28(20)27-19/h1-10,13,31H,11-12H2,(H,25,30). The van der Waals surface area contributed by atoms with Crippen LogP contribution >= 0.6 is 12.6 Å². The molecule has 0 spiro atoms. The molecule has 1 N–H and O–H groups in total. The maximum absolute atomic E-state index is 12.7. The Balaban J connectivity index is 1.42. The molecule has 0 unspecified atom stereocenters. The van der Waals surface area contributed by atoms with Crippen LogP contribution in [0.25, 0.3) is 22.8 Å². The summed E-state index contributed by atoms with van der Waals surface area (Å²) in [6, 6.07) is 17.8. The van der Waals surface area contributed by atoms with Crippen LogP contribution in [0.3, 0.4) is 0 Å². The van der Waals surface area contributed by atoms with Gasteiger partial charge in [-0.3, -0.25) is 14.3 Å². The zero-order valence-electron chi connectivity index (χ0n) is 16.3. The van der Waals surface area contributed by atoms with E-state index < -0.39 is 0 Å². The van der Waals surface area contributed by atoms with E-state index in [9.17, 15) is 9.59 Å². The summed E-state index contributed by atoms with van der Waals surface area (Å²) in [6.07, 6.45) is 1.66. The van der Waals surface area contributed by atoms with Gasteiger partial charge in [0.05, 0.1) is 12.2 Å². The molecular formula is C23H17N5O2S. The monoisotopic (exact) mass is 427 g/mol. The number of hydrogen-bond acceptors (Lipinski definition) is 6. The molecular weight excluding hydrogens is 410 g/mol. The van der Waals surface area contributed by atoms with E-state index >= 15 is 0 Å². The normalized spacial score (nSPS) is 12.9. The first-order valence-corrected chi connectivity index (χ1v) is 10.2. The summed E-state index contributed by atoms with van der Waals surface area (Å²) in [5.74, 6) is 0.325. The molecule has 1 aliphatic rings. The van der Waals surface area contributed by atoms with Crippen molar-refractivity contribution in [1.82, 2.24) is 25.1 Å². The van der Waals surface area contributed by atoms with E-state index in [1.807, 2.05) is 12.1 Å². The summed E-state index contributed by atoms with van der Waals surface area (Å²) in [6.45, 7) is 1.19. The van der Waals surface area contributed by atoms with Crippen LogP contribution in [0.15, 0.2) is 71.8 Å². The van der Waals surface area contributed by atoms with Gasteiger partial charge < -0.3 is 5.32 Å². The minimum absolute atomic E-state index is 0.0589. The van der Waals surface area contributed by atoms with Gasteiger partial charge in [0.1, 0.15) is 11.4 Å². The fourth-order valence-corrected chi connectivity index (χ4v) is 3.60. The number of aromatic nitrogens is 4. The van der Waals surface area contributed by atoms with Crippen LogP contribution in [0.2, 0.25) is 0 Å². The molecule has 0 saturated carbocycles. The van der Waals surface area contributed by atoms with Gasteiger partial charge in [-0.1, -0.05) is 24.3 Å². The molecule has 3 heterocycles. The van der Waals surface area contributed by atoms with Crippen molar-refractivity contribution in [3.8, 4) is 22.8 Å². The van der Waals surface area contributed by atoms with Crippen molar-refractivity contribution in [3.63, 3.8) is 0 Å². The molecule has 1 amide bonds. The van der Waals surface area contributed by atoms with Crippen LogP contribution in [0, 0.1) is 0 Å². The molecule has 0 fully saturated rings. The van der Waals surface area contributed by atoms with Gasteiger partial charge in [0.25, 0.3) is 5.91 Å². The summed E-state index contributed by atoms with van der Waals surface area (Å²) in [7, 11) is 0. The number of amides is 1. The zero-order chi connectivity index (χ0) is 21.4. The molecule has 5 rings (SSSR count). The minimum atomic E-state index is -0.136. The average molecular weight is 427 g/mol. The first kappa shape index (κ1) is 19.2. The maximum Gasteiger partial charge on any atom is 0.269 e. The number of carbonyl (C=O) groups is 2. The number of rotatable bonds is 4. The molecule has 8 heteroatoms. The maximum atomic E-state index is 12.7. The van der Waals surface area contributed by atoms with Gasteiger partial charge in [0, 0.05) is 34.3 Å². The van der Waals surface area contributed by atoms with Gasteiger partial charge in [0.2, 0.25) is 0 Å². The highest BCUT2D eigenvalue weighted by Crippen LogP contribution is 2.23. The lowest BCUT2D eigenvalue weighted by Crippen LogP contribution is -2.35.